The third kappa shape index (κ3) is 3.82. The van der Waals surface area contributed by atoms with Crippen LogP contribution in [0.5, 0.6) is 0 Å². The summed E-state index contributed by atoms with van der Waals surface area (Å²) in [5, 5.41) is 3.58. The molecule has 2 rings (SSSR count). The van der Waals surface area contributed by atoms with Crippen LogP contribution in [0.2, 0.25) is 0 Å². The van der Waals surface area contributed by atoms with E-state index < -0.39 is 0 Å². The number of nitrogens with one attached hydrogen (secondary N) is 1. The molecule has 0 saturated heterocycles. The molecule has 4 nitrogen and oxygen atoms in total. The van der Waals surface area contributed by atoms with Crippen molar-refractivity contribution < 1.29 is 0 Å². The van der Waals surface area contributed by atoms with Gasteiger partial charge in [-0.2, -0.15) is 0 Å². The van der Waals surface area contributed by atoms with Crippen molar-refractivity contribution in [3.05, 3.63) is 18.2 Å². The maximum atomic E-state index is 4.25. The van der Waals surface area contributed by atoms with Gasteiger partial charge in [0, 0.05) is 24.8 Å². The average Bonchev–Trinajstić information content (AvgIpc) is 3.03. The van der Waals surface area contributed by atoms with Gasteiger partial charge in [0.1, 0.15) is 0 Å². The molecule has 1 atom stereocenters. The lowest BCUT2D eigenvalue weighted by Crippen LogP contribution is -2.30. The van der Waals surface area contributed by atoms with E-state index in [1.165, 1.54) is 25.0 Å². The maximum absolute atomic E-state index is 4.25. The first-order valence-corrected chi connectivity index (χ1v) is 6.55. The fourth-order valence-electron chi connectivity index (χ4n) is 1.98. The third-order valence-electron chi connectivity index (χ3n) is 3.33. The van der Waals surface area contributed by atoms with Crippen LogP contribution >= 0.6 is 0 Å². The topological polar surface area (TPSA) is 33.1 Å². The molecule has 4 heteroatoms. The highest BCUT2D eigenvalue weighted by atomic mass is 15.1. The summed E-state index contributed by atoms with van der Waals surface area (Å²) in [5.41, 5.74) is 1.32. The second kappa shape index (κ2) is 5.65. The summed E-state index contributed by atoms with van der Waals surface area (Å²) in [7, 11) is 4.24. The second-order valence-corrected chi connectivity index (χ2v) is 5.40. The van der Waals surface area contributed by atoms with E-state index in [0.717, 1.165) is 19.1 Å². The van der Waals surface area contributed by atoms with Crippen LogP contribution < -0.4 is 5.32 Å². The summed E-state index contributed by atoms with van der Waals surface area (Å²) in [5.74, 6) is 0. The van der Waals surface area contributed by atoms with Gasteiger partial charge in [-0.1, -0.05) is 0 Å². The maximum Gasteiger partial charge on any atom is 0.0951 e. The van der Waals surface area contributed by atoms with Crippen LogP contribution in [0.15, 0.2) is 12.5 Å². The number of hydrogen-bond acceptors (Lipinski definition) is 3. The van der Waals surface area contributed by atoms with Crippen LogP contribution in [-0.4, -0.2) is 41.1 Å². The fourth-order valence-corrected chi connectivity index (χ4v) is 1.98. The van der Waals surface area contributed by atoms with Gasteiger partial charge in [0.15, 0.2) is 0 Å². The predicted molar refractivity (Wildman–Crippen MR) is 70.0 cm³/mol. The first kappa shape index (κ1) is 12.6. The van der Waals surface area contributed by atoms with E-state index in [-0.39, 0.29) is 0 Å². The van der Waals surface area contributed by atoms with Gasteiger partial charge in [-0.05, 0) is 46.8 Å². The molecule has 1 aromatic rings. The van der Waals surface area contributed by atoms with Crippen molar-refractivity contribution in [2.75, 3.05) is 20.6 Å². The Bertz CT molecular complexity index is 341. The van der Waals surface area contributed by atoms with Gasteiger partial charge in [-0.3, -0.25) is 0 Å². The van der Waals surface area contributed by atoms with Crippen LogP contribution in [0.25, 0.3) is 0 Å². The molecule has 96 valence electrons. The molecular weight excluding hydrogens is 212 g/mol. The molecule has 1 aliphatic rings. The van der Waals surface area contributed by atoms with Crippen LogP contribution in [0, 0.1) is 0 Å². The Kier molecular flexibility index (Phi) is 4.18. The van der Waals surface area contributed by atoms with E-state index >= 15 is 0 Å². The summed E-state index contributed by atoms with van der Waals surface area (Å²) >= 11 is 0. The molecule has 1 unspecified atom stereocenters. The lowest BCUT2D eigenvalue weighted by atomic mass is 10.2. The van der Waals surface area contributed by atoms with Crippen LogP contribution in [0.1, 0.15) is 37.9 Å². The fraction of sp³-hybridized carbons (Fsp3) is 0.769. The van der Waals surface area contributed by atoms with E-state index in [1.54, 1.807) is 0 Å². The largest absolute Gasteiger partial charge is 0.330 e. The van der Waals surface area contributed by atoms with Crippen LogP contribution in [-0.2, 0) is 6.54 Å². The molecule has 0 radical (unpaired) electrons. The number of nitrogens with zero attached hydrogens (tertiary/aromatic N) is 3. The van der Waals surface area contributed by atoms with Crippen molar-refractivity contribution >= 4 is 0 Å². The van der Waals surface area contributed by atoms with E-state index in [4.69, 9.17) is 0 Å². The molecule has 1 aliphatic carbocycles. The molecule has 0 bridgehead atoms. The highest BCUT2D eigenvalue weighted by Crippen LogP contribution is 2.35. The molecule has 0 aromatic carbocycles. The summed E-state index contributed by atoms with van der Waals surface area (Å²) in [6.07, 6.45) is 7.78. The summed E-state index contributed by atoms with van der Waals surface area (Å²) < 4.78 is 2.33. The van der Waals surface area contributed by atoms with Gasteiger partial charge in [0.2, 0.25) is 0 Å². The Balaban J connectivity index is 1.75. The number of rotatable bonds is 7. The summed E-state index contributed by atoms with van der Waals surface area (Å²) in [4.78, 5) is 6.48. The van der Waals surface area contributed by atoms with Gasteiger partial charge in [-0.25, -0.2) is 4.98 Å². The molecular formula is C13H24N4. The van der Waals surface area contributed by atoms with Gasteiger partial charge in [0.05, 0.1) is 12.0 Å². The molecule has 17 heavy (non-hydrogen) atoms. The summed E-state index contributed by atoms with van der Waals surface area (Å²) in [6, 6.07) is 1.28. The van der Waals surface area contributed by atoms with Crippen molar-refractivity contribution in [1.82, 2.24) is 19.8 Å². The molecule has 1 fully saturated rings. The van der Waals surface area contributed by atoms with Crippen LogP contribution in [0.4, 0.5) is 0 Å². The molecule has 1 saturated carbocycles. The number of aromatic nitrogens is 2. The zero-order chi connectivity index (χ0) is 12.3. The average molecular weight is 236 g/mol. The number of imidazole rings is 1. The quantitative estimate of drug-likeness (QED) is 0.781. The highest BCUT2D eigenvalue weighted by Gasteiger charge is 2.24. The minimum atomic E-state index is 0.556. The Morgan fingerprint density at radius 1 is 1.53 bits per heavy atom. The number of hydrogen-bond donors (Lipinski definition) is 1. The Morgan fingerprint density at radius 3 is 2.94 bits per heavy atom. The first-order valence-electron chi connectivity index (χ1n) is 6.55. The Morgan fingerprint density at radius 2 is 2.29 bits per heavy atom. The zero-order valence-electron chi connectivity index (χ0n) is 11.2. The molecule has 1 N–H and O–H groups in total. The van der Waals surface area contributed by atoms with Gasteiger partial charge in [-0.15, -0.1) is 0 Å². The predicted octanol–water partition coefficient (Wildman–Crippen LogP) is 1.65. The lowest BCUT2D eigenvalue weighted by molar-refractivity contribution is 0.364. The SMILES string of the molecule is CC(CCN(C)C)NCc1cncn1C1CC1. The van der Waals surface area contributed by atoms with Crippen molar-refractivity contribution in [3.8, 4) is 0 Å². The second-order valence-electron chi connectivity index (χ2n) is 5.40. The first-order chi connectivity index (χ1) is 8.16. The van der Waals surface area contributed by atoms with E-state index in [1.807, 2.05) is 12.5 Å². The third-order valence-corrected chi connectivity index (χ3v) is 3.33. The highest BCUT2D eigenvalue weighted by molar-refractivity contribution is 5.03. The lowest BCUT2D eigenvalue weighted by Gasteiger charge is -2.17. The normalized spacial score (nSPS) is 17.6. The van der Waals surface area contributed by atoms with Crippen molar-refractivity contribution in [2.45, 2.75) is 44.8 Å². The van der Waals surface area contributed by atoms with E-state index in [0.29, 0.717) is 6.04 Å². The molecule has 1 heterocycles. The molecule has 0 aliphatic heterocycles. The van der Waals surface area contributed by atoms with Crippen molar-refractivity contribution in [2.24, 2.45) is 0 Å². The van der Waals surface area contributed by atoms with Gasteiger partial charge < -0.3 is 14.8 Å². The van der Waals surface area contributed by atoms with Gasteiger partial charge >= 0.3 is 0 Å². The van der Waals surface area contributed by atoms with Crippen molar-refractivity contribution in [3.63, 3.8) is 0 Å². The zero-order valence-corrected chi connectivity index (χ0v) is 11.2. The molecule has 1 aromatic heterocycles. The monoisotopic (exact) mass is 236 g/mol. The smallest absolute Gasteiger partial charge is 0.0951 e. The van der Waals surface area contributed by atoms with Crippen LogP contribution in [0.3, 0.4) is 0 Å². The standard InChI is InChI=1S/C13H24N4/c1-11(6-7-16(2)3)15-9-13-8-14-10-17(13)12-4-5-12/h8,10-12,15H,4-7,9H2,1-3H3. The Labute approximate surface area is 104 Å². The minimum absolute atomic E-state index is 0.556. The van der Waals surface area contributed by atoms with E-state index in [2.05, 4.69) is 40.8 Å². The van der Waals surface area contributed by atoms with Gasteiger partial charge in [0.25, 0.3) is 0 Å². The molecule has 0 amide bonds. The van der Waals surface area contributed by atoms with Crippen molar-refractivity contribution in [1.29, 1.82) is 0 Å². The minimum Gasteiger partial charge on any atom is -0.330 e. The molecule has 0 spiro atoms. The summed E-state index contributed by atoms with van der Waals surface area (Å²) in [6.45, 7) is 4.32. The van der Waals surface area contributed by atoms with E-state index in [9.17, 15) is 0 Å². The Hall–Kier alpha value is -0.870.